The molecule has 4 heteroatoms. The molecule has 3 nitrogen and oxygen atoms in total. The van der Waals surface area contributed by atoms with Gasteiger partial charge in [0, 0.05) is 45.3 Å². The molecule has 0 bridgehead atoms. The SMILES string of the molecule is Cc1cc2cn(C(C)(C)c3c(Cl)ccc4c3ccn4C(C)C)nc2cc1C. The van der Waals surface area contributed by atoms with Crippen molar-refractivity contribution in [2.75, 3.05) is 0 Å². The summed E-state index contributed by atoms with van der Waals surface area (Å²) in [5.74, 6) is 0. The van der Waals surface area contributed by atoms with Crippen LogP contribution in [0.1, 0.15) is 50.4 Å². The van der Waals surface area contributed by atoms with Crippen molar-refractivity contribution in [3.05, 3.63) is 64.4 Å². The van der Waals surface area contributed by atoms with Crippen molar-refractivity contribution in [2.24, 2.45) is 0 Å². The van der Waals surface area contributed by atoms with Gasteiger partial charge in [-0.15, -0.1) is 0 Å². The summed E-state index contributed by atoms with van der Waals surface area (Å²) in [5, 5.41) is 8.03. The van der Waals surface area contributed by atoms with Gasteiger partial charge in [0.1, 0.15) is 0 Å². The summed E-state index contributed by atoms with van der Waals surface area (Å²) in [6.07, 6.45) is 4.29. The van der Waals surface area contributed by atoms with E-state index in [1.807, 2.05) is 6.07 Å². The summed E-state index contributed by atoms with van der Waals surface area (Å²) in [6, 6.07) is 11.1. The van der Waals surface area contributed by atoms with Gasteiger partial charge < -0.3 is 4.57 Å². The molecular weight excluding hydrogens is 354 g/mol. The number of aryl methyl sites for hydroxylation is 2. The Morgan fingerprint density at radius 3 is 2.44 bits per heavy atom. The number of benzene rings is 2. The second-order valence-corrected chi connectivity index (χ2v) is 8.71. The van der Waals surface area contributed by atoms with Gasteiger partial charge in [0.05, 0.1) is 11.1 Å². The van der Waals surface area contributed by atoms with Gasteiger partial charge in [-0.2, -0.15) is 5.10 Å². The molecule has 0 aliphatic heterocycles. The zero-order chi connectivity index (χ0) is 19.5. The second kappa shape index (κ2) is 6.13. The zero-order valence-electron chi connectivity index (χ0n) is 16.8. The Bertz CT molecular complexity index is 1120. The zero-order valence-corrected chi connectivity index (χ0v) is 17.6. The highest BCUT2D eigenvalue weighted by molar-refractivity contribution is 6.32. The molecule has 140 valence electrons. The maximum atomic E-state index is 6.73. The van der Waals surface area contributed by atoms with Crippen LogP contribution < -0.4 is 0 Å². The predicted molar refractivity (Wildman–Crippen MR) is 115 cm³/mol. The molecular formula is C23H26ClN3. The summed E-state index contributed by atoms with van der Waals surface area (Å²) in [6.45, 7) is 13.0. The van der Waals surface area contributed by atoms with E-state index in [0.717, 1.165) is 21.5 Å². The third-order valence-electron chi connectivity index (χ3n) is 5.71. The number of rotatable bonds is 3. The van der Waals surface area contributed by atoms with Gasteiger partial charge in [-0.1, -0.05) is 11.6 Å². The molecule has 0 fully saturated rings. The van der Waals surface area contributed by atoms with Crippen molar-refractivity contribution >= 4 is 33.4 Å². The molecule has 0 unspecified atom stereocenters. The van der Waals surface area contributed by atoms with Gasteiger partial charge in [-0.25, -0.2) is 0 Å². The average molecular weight is 380 g/mol. The van der Waals surface area contributed by atoms with Gasteiger partial charge in [-0.05, 0) is 83.0 Å². The van der Waals surface area contributed by atoms with Crippen LogP contribution in [0, 0.1) is 13.8 Å². The van der Waals surface area contributed by atoms with Gasteiger partial charge >= 0.3 is 0 Å². The van der Waals surface area contributed by atoms with E-state index in [4.69, 9.17) is 16.7 Å². The highest BCUT2D eigenvalue weighted by Gasteiger charge is 2.29. The maximum absolute atomic E-state index is 6.73. The van der Waals surface area contributed by atoms with E-state index in [1.165, 1.54) is 22.0 Å². The number of hydrogen-bond donors (Lipinski definition) is 0. The summed E-state index contributed by atoms with van der Waals surface area (Å²) < 4.78 is 4.35. The van der Waals surface area contributed by atoms with Crippen LogP contribution in [0.15, 0.2) is 42.7 Å². The van der Waals surface area contributed by atoms with Gasteiger partial charge in [0.15, 0.2) is 0 Å². The van der Waals surface area contributed by atoms with E-state index in [1.54, 1.807) is 0 Å². The van der Waals surface area contributed by atoms with E-state index >= 15 is 0 Å². The lowest BCUT2D eigenvalue weighted by molar-refractivity contribution is 0.397. The lowest BCUT2D eigenvalue weighted by Crippen LogP contribution is -2.29. The average Bonchev–Trinajstić information content (AvgIpc) is 3.19. The highest BCUT2D eigenvalue weighted by atomic mass is 35.5. The monoisotopic (exact) mass is 379 g/mol. The summed E-state index contributed by atoms with van der Waals surface area (Å²) in [5.41, 5.74) is 5.52. The molecule has 4 rings (SSSR count). The molecule has 2 heterocycles. The number of fused-ring (bicyclic) bond motifs is 2. The van der Waals surface area contributed by atoms with Gasteiger partial charge in [0.25, 0.3) is 0 Å². The minimum absolute atomic E-state index is 0.374. The van der Waals surface area contributed by atoms with Crippen molar-refractivity contribution in [2.45, 2.75) is 53.1 Å². The molecule has 4 aromatic rings. The number of halogens is 1. The van der Waals surface area contributed by atoms with Crippen molar-refractivity contribution in [3.63, 3.8) is 0 Å². The normalized spacial score (nSPS) is 12.6. The number of nitrogens with zero attached hydrogens (tertiary/aromatic N) is 3. The number of hydrogen-bond acceptors (Lipinski definition) is 1. The predicted octanol–water partition coefficient (Wildman–Crippen LogP) is 6.63. The third kappa shape index (κ3) is 2.76. The van der Waals surface area contributed by atoms with E-state index in [9.17, 15) is 0 Å². The Morgan fingerprint density at radius 2 is 1.74 bits per heavy atom. The molecule has 0 spiro atoms. The summed E-state index contributed by atoms with van der Waals surface area (Å²) in [7, 11) is 0. The molecule has 0 saturated carbocycles. The van der Waals surface area contributed by atoms with Crippen LogP contribution in [0.2, 0.25) is 5.02 Å². The molecule has 0 atom stereocenters. The quantitative estimate of drug-likeness (QED) is 0.392. The molecule has 2 aromatic heterocycles. The third-order valence-corrected chi connectivity index (χ3v) is 6.03. The lowest BCUT2D eigenvalue weighted by Gasteiger charge is -2.28. The Morgan fingerprint density at radius 1 is 1.04 bits per heavy atom. The first kappa shape index (κ1) is 18.1. The first-order valence-electron chi connectivity index (χ1n) is 9.47. The van der Waals surface area contributed by atoms with Crippen LogP contribution in [-0.2, 0) is 5.54 Å². The van der Waals surface area contributed by atoms with Crippen LogP contribution in [0.5, 0.6) is 0 Å². The smallest absolute Gasteiger partial charge is 0.0926 e. The molecule has 27 heavy (non-hydrogen) atoms. The molecule has 0 saturated heterocycles. The molecule has 0 aliphatic rings. The van der Waals surface area contributed by atoms with Crippen molar-refractivity contribution < 1.29 is 0 Å². The van der Waals surface area contributed by atoms with Crippen LogP contribution in [-0.4, -0.2) is 14.3 Å². The minimum Gasteiger partial charge on any atom is -0.345 e. The Kier molecular flexibility index (Phi) is 4.12. The van der Waals surface area contributed by atoms with Crippen LogP contribution in [0.4, 0.5) is 0 Å². The lowest BCUT2D eigenvalue weighted by atomic mass is 9.91. The van der Waals surface area contributed by atoms with E-state index in [2.05, 4.69) is 87.5 Å². The molecule has 0 N–H and O–H groups in total. The van der Waals surface area contributed by atoms with E-state index in [0.29, 0.717) is 6.04 Å². The summed E-state index contributed by atoms with van der Waals surface area (Å²) >= 11 is 6.73. The van der Waals surface area contributed by atoms with Crippen molar-refractivity contribution in [1.82, 2.24) is 14.3 Å². The molecule has 0 amide bonds. The maximum Gasteiger partial charge on any atom is 0.0926 e. The Hall–Kier alpha value is -2.26. The fraction of sp³-hybridized carbons (Fsp3) is 0.348. The van der Waals surface area contributed by atoms with E-state index < -0.39 is 0 Å². The Labute approximate surface area is 165 Å². The minimum atomic E-state index is -0.374. The van der Waals surface area contributed by atoms with Crippen LogP contribution >= 0.6 is 11.6 Å². The highest BCUT2D eigenvalue weighted by Crippen LogP contribution is 2.38. The topological polar surface area (TPSA) is 22.8 Å². The van der Waals surface area contributed by atoms with Crippen molar-refractivity contribution in [1.29, 1.82) is 0 Å². The standard InChI is InChI=1S/C23H26ClN3/c1-14(2)26-10-9-18-21(26)8-7-19(24)22(18)23(5,6)27-13-17-11-15(3)16(4)12-20(17)25-27/h7-14H,1-6H3. The first-order valence-corrected chi connectivity index (χ1v) is 9.84. The Balaban J connectivity index is 1.95. The molecule has 0 radical (unpaired) electrons. The van der Waals surface area contributed by atoms with Gasteiger partial charge in [0.2, 0.25) is 0 Å². The molecule has 0 aliphatic carbocycles. The first-order chi connectivity index (χ1) is 12.7. The van der Waals surface area contributed by atoms with Crippen LogP contribution in [0.25, 0.3) is 21.8 Å². The number of aromatic nitrogens is 3. The van der Waals surface area contributed by atoms with Gasteiger partial charge in [-0.3, -0.25) is 4.68 Å². The summed E-state index contributed by atoms with van der Waals surface area (Å²) in [4.78, 5) is 0. The van der Waals surface area contributed by atoms with Crippen molar-refractivity contribution in [3.8, 4) is 0 Å². The van der Waals surface area contributed by atoms with Crippen LogP contribution in [0.3, 0.4) is 0 Å². The molecule has 2 aromatic carbocycles. The fourth-order valence-electron chi connectivity index (χ4n) is 3.97. The fourth-order valence-corrected chi connectivity index (χ4v) is 4.37. The van der Waals surface area contributed by atoms with E-state index in [-0.39, 0.29) is 5.54 Å². The second-order valence-electron chi connectivity index (χ2n) is 8.30. The largest absolute Gasteiger partial charge is 0.345 e.